The largest absolute Gasteiger partial charge is 0.337 e. The normalized spacial score (nSPS) is 16.8. The Morgan fingerprint density at radius 2 is 2.03 bits per heavy atom. The van der Waals surface area contributed by atoms with E-state index >= 15 is 0 Å². The molecule has 0 saturated carbocycles. The van der Waals surface area contributed by atoms with Crippen molar-refractivity contribution in [3.63, 3.8) is 0 Å². The number of piperidine rings is 1. The van der Waals surface area contributed by atoms with E-state index in [0.717, 1.165) is 33.3 Å². The molecule has 38 heavy (non-hydrogen) atoms. The van der Waals surface area contributed by atoms with Gasteiger partial charge in [0, 0.05) is 43.2 Å². The number of benzene rings is 2. The number of hydrogen-bond donors (Lipinski definition) is 3. The molecule has 1 saturated heterocycles. The van der Waals surface area contributed by atoms with Gasteiger partial charge in [-0.25, -0.2) is 9.59 Å². The highest BCUT2D eigenvalue weighted by Crippen LogP contribution is 2.28. The minimum Gasteiger partial charge on any atom is -0.337 e. The highest BCUT2D eigenvalue weighted by molar-refractivity contribution is 5.92. The molecule has 4 amide bonds. The zero-order valence-corrected chi connectivity index (χ0v) is 21.4. The van der Waals surface area contributed by atoms with E-state index < -0.39 is 6.04 Å². The number of aryl methyl sites for hydroxylation is 2. The van der Waals surface area contributed by atoms with Crippen LogP contribution in [0.15, 0.2) is 47.1 Å². The second-order valence-electron chi connectivity index (χ2n) is 10.1. The summed E-state index contributed by atoms with van der Waals surface area (Å²) >= 11 is 0. The molecule has 4 heterocycles. The lowest BCUT2D eigenvalue weighted by molar-refractivity contribution is 0.126. The van der Waals surface area contributed by atoms with Crippen LogP contribution in [-0.2, 0) is 13.0 Å². The number of aromatic nitrogens is 4. The number of amides is 4. The number of para-hydroxylation sites is 1. The first kappa shape index (κ1) is 24.0. The van der Waals surface area contributed by atoms with Gasteiger partial charge in [-0.15, -0.1) is 0 Å². The van der Waals surface area contributed by atoms with Gasteiger partial charge in [0.2, 0.25) is 5.89 Å². The van der Waals surface area contributed by atoms with Crippen LogP contribution in [0.25, 0.3) is 10.9 Å². The van der Waals surface area contributed by atoms with Crippen LogP contribution in [0.2, 0.25) is 0 Å². The molecule has 2 aromatic heterocycles. The molecule has 4 aromatic rings. The van der Waals surface area contributed by atoms with Gasteiger partial charge in [0.05, 0.1) is 11.7 Å². The molecule has 2 aromatic carbocycles. The molecule has 2 aliphatic rings. The van der Waals surface area contributed by atoms with Gasteiger partial charge >= 0.3 is 12.1 Å². The second-order valence-corrected chi connectivity index (χ2v) is 10.1. The van der Waals surface area contributed by atoms with Gasteiger partial charge in [0.1, 0.15) is 6.04 Å². The molecule has 0 bridgehead atoms. The second kappa shape index (κ2) is 9.81. The van der Waals surface area contributed by atoms with E-state index in [4.69, 9.17) is 4.52 Å². The van der Waals surface area contributed by atoms with Crippen molar-refractivity contribution in [2.24, 2.45) is 0 Å². The first-order valence-electron chi connectivity index (χ1n) is 12.9. The molecule has 1 fully saturated rings. The zero-order valence-electron chi connectivity index (χ0n) is 21.4. The van der Waals surface area contributed by atoms with E-state index in [1.165, 1.54) is 0 Å². The summed E-state index contributed by atoms with van der Waals surface area (Å²) in [6, 6.07) is 11.3. The summed E-state index contributed by atoms with van der Waals surface area (Å²) in [5.41, 5.74) is 5.08. The van der Waals surface area contributed by atoms with Crippen LogP contribution in [-0.4, -0.2) is 61.3 Å². The van der Waals surface area contributed by atoms with E-state index in [1.807, 2.05) is 36.1 Å². The van der Waals surface area contributed by atoms with Crippen LogP contribution in [0.1, 0.15) is 47.3 Å². The van der Waals surface area contributed by atoms with Crippen molar-refractivity contribution in [1.82, 2.24) is 35.5 Å². The molecule has 0 spiro atoms. The molecule has 2 aliphatic heterocycles. The van der Waals surface area contributed by atoms with E-state index in [2.05, 4.69) is 43.1 Å². The fourth-order valence-corrected chi connectivity index (χ4v) is 5.46. The third kappa shape index (κ3) is 4.67. The van der Waals surface area contributed by atoms with Gasteiger partial charge in [0.25, 0.3) is 0 Å². The Labute approximate surface area is 219 Å². The standard InChI is InChI=1S/C27H30N8O3/c1-16-11-18(12-20-14-28-32-24(16)20)13-23(25-29-17(2)33-38-25)31-26(36)34-9-7-21(8-10-34)35-15-19-5-3-4-6-22(19)30-27(35)37/h3-6,11-12,14,21,23H,7-10,13,15H2,1-2H3,(H,28,32)(H,30,37)(H,31,36). The minimum atomic E-state index is -0.477. The van der Waals surface area contributed by atoms with Gasteiger partial charge in [-0.1, -0.05) is 29.4 Å². The maximum absolute atomic E-state index is 13.3. The van der Waals surface area contributed by atoms with Gasteiger partial charge in [-0.05, 0) is 55.5 Å². The number of nitrogens with zero attached hydrogens (tertiary/aromatic N) is 5. The van der Waals surface area contributed by atoms with Crippen molar-refractivity contribution in [3.05, 3.63) is 71.0 Å². The van der Waals surface area contributed by atoms with Crippen molar-refractivity contribution < 1.29 is 14.1 Å². The number of likely N-dealkylation sites (tertiary alicyclic amines) is 1. The molecular weight excluding hydrogens is 484 g/mol. The third-order valence-corrected chi connectivity index (χ3v) is 7.44. The molecule has 11 nitrogen and oxygen atoms in total. The summed E-state index contributed by atoms with van der Waals surface area (Å²) in [6.45, 7) is 5.47. The van der Waals surface area contributed by atoms with Crippen molar-refractivity contribution in [1.29, 1.82) is 0 Å². The number of aromatic amines is 1. The molecule has 1 atom stereocenters. The van der Waals surface area contributed by atoms with E-state index in [9.17, 15) is 9.59 Å². The van der Waals surface area contributed by atoms with Crippen LogP contribution in [0.3, 0.4) is 0 Å². The first-order chi connectivity index (χ1) is 18.4. The molecule has 1 unspecified atom stereocenters. The molecule has 3 N–H and O–H groups in total. The number of H-pyrrole nitrogens is 1. The molecule has 0 radical (unpaired) electrons. The number of nitrogens with one attached hydrogen (secondary N) is 3. The Kier molecular flexibility index (Phi) is 6.18. The number of carbonyl (C=O) groups excluding carboxylic acids is 2. The van der Waals surface area contributed by atoms with Gasteiger partial charge < -0.3 is 25.0 Å². The zero-order chi connectivity index (χ0) is 26.2. The smallest absolute Gasteiger partial charge is 0.322 e. The maximum Gasteiger partial charge on any atom is 0.322 e. The van der Waals surface area contributed by atoms with Crippen LogP contribution in [0.4, 0.5) is 15.3 Å². The van der Waals surface area contributed by atoms with Crippen LogP contribution in [0, 0.1) is 13.8 Å². The lowest BCUT2D eigenvalue weighted by Crippen LogP contribution is -2.53. The molecule has 6 rings (SSSR count). The molecule has 196 valence electrons. The van der Waals surface area contributed by atoms with Gasteiger partial charge in [-0.2, -0.15) is 10.1 Å². The summed E-state index contributed by atoms with van der Waals surface area (Å²) in [4.78, 5) is 34.2. The summed E-state index contributed by atoms with van der Waals surface area (Å²) in [7, 11) is 0. The van der Waals surface area contributed by atoms with Crippen molar-refractivity contribution in [2.75, 3.05) is 18.4 Å². The highest BCUT2D eigenvalue weighted by atomic mass is 16.5. The lowest BCUT2D eigenvalue weighted by atomic mass is 10.0. The fourth-order valence-electron chi connectivity index (χ4n) is 5.46. The fraction of sp³-hybridized carbons (Fsp3) is 0.370. The molecule has 11 heteroatoms. The number of rotatable bonds is 5. The van der Waals surface area contributed by atoms with Crippen LogP contribution < -0.4 is 10.6 Å². The quantitative estimate of drug-likeness (QED) is 0.368. The summed E-state index contributed by atoms with van der Waals surface area (Å²) in [5, 5.41) is 18.2. The topological polar surface area (TPSA) is 132 Å². The van der Waals surface area contributed by atoms with E-state index in [1.54, 1.807) is 18.0 Å². The molecule has 0 aliphatic carbocycles. The number of fused-ring (bicyclic) bond motifs is 2. The van der Waals surface area contributed by atoms with Crippen molar-refractivity contribution >= 4 is 28.7 Å². The van der Waals surface area contributed by atoms with Crippen molar-refractivity contribution in [2.45, 2.75) is 51.7 Å². The minimum absolute atomic E-state index is 0.0754. The predicted molar refractivity (Wildman–Crippen MR) is 140 cm³/mol. The monoisotopic (exact) mass is 514 g/mol. The maximum atomic E-state index is 13.3. The molecular formula is C27H30N8O3. The van der Waals surface area contributed by atoms with Crippen LogP contribution in [0.5, 0.6) is 0 Å². The number of urea groups is 2. The van der Waals surface area contributed by atoms with E-state index in [0.29, 0.717) is 50.6 Å². The lowest BCUT2D eigenvalue weighted by Gasteiger charge is -2.40. The average molecular weight is 515 g/mol. The number of hydrogen-bond acceptors (Lipinski definition) is 6. The average Bonchev–Trinajstić information content (AvgIpc) is 3.57. The Bertz CT molecular complexity index is 1490. The SMILES string of the molecule is Cc1noc(C(Cc2cc(C)c3[nH]ncc3c2)NC(=O)N2CCC(N3Cc4ccccc4NC3=O)CC2)n1. The number of anilines is 1. The van der Waals surface area contributed by atoms with Gasteiger partial charge in [0.15, 0.2) is 5.82 Å². The number of carbonyl (C=O) groups is 2. The summed E-state index contributed by atoms with van der Waals surface area (Å²) in [5.74, 6) is 0.891. The first-order valence-corrected chi connectivity index (χ1v) is 12.9. The summed E-state index contributed by atoms with van der Waals surface area (Å²) < 4.78 is 5.46. The predicted octanol–water partition coefficient (Wildman–Crippen LogP) is 4.07. The van der Waals surface area contributed by atoms with Crippen LogP contribution >= 0.6 is 0 Å². The van der Waals surface area contributed by atoms with E-state index in [-0.39, 0.29) is 18.1 Å². The highest BCUT2D eigenvalue weighted by Gasteiger charge is 2.33. The van der Waals surface area contributed by atoms with Crippen molar-refractivity contribution in [3.8, 4) is 0 Å². The summed E-state index contributed by atoms with van der Waals surface area (Å²) in [6.07, 6.45) is 3.72. The Hall–Kier alpha value is -4.41. The Morgan fingerprint density at radius 3 is 2.82 bits per heavy atom. The Morgan fingerprint density at radius 1 is 1.21 bits per heavy atom. The Balaban J connectivity index is 1.12. The van der Waals surface area contributed by atoms with Gasteiger partial charge in [-0.3, -0.25) is 5.10 Å². The third-order valence-electron chi connectivity index (χ3n) is 7.44.